The molecular weight excluding hydrogens is 452 g/mol. The first-order valence-corrected chi connectivity index (χ1v) is 11.5. The highest BCUT2D eigenvalue weighted by Gasteiger charge is 2.29. The van der Waals surface area contributed by atoms with Gasteiger partial charge in [0.15, 0.2) is 0 Å². The van der Waals surface area contributed by atoms with E-state index in [4.69, 9.17) is 4.98 Å². The Morgan fingerprint density at radius 1 is 1.17 bits per heavy atom. The Morgan fingerprint density at radius 2 is 1.97 bits per heavy atom. The second-order valence-electron chi connectivity index (χ2n) is 8.92. The molecule has 1 atom stereocenters. The zero-order valence-corrected chi connectivity index (χ0v) is 19.6. The van der Waals surface area contributed by atoms with Crippen molar-refractivity contribution in [3.63, 3.8) is 0 Å². The Bertz CT molecular complexity index is 1330. The van der Waals surface area contributed by atoms with Crippen LogP contribution in [0.5, 0.6) is 0 Å². The number of alkyl halides is 2. The number of aromatic nitrogens is 4. The quantitative estimate of drug-likeness (QED) is 0.434. The van der Waals surface area contributed by atoms with Crippen molar-refractivity contribution >= 4 is 22.9 Å². The lowest BCUT2D eigenvalue weighted by Gasteiger charge is -2.32. The fraction of sp³-hybridized carbons (Fsp3) is 0.320. The molecule has 0 saturated carbocycles. The first kappa shape index (κ1) is 22.8. The van der Waals surface area contributed by atoms with Gasteiger partial charge in [0.05, 0.1) is 17.4 Å². The third-order valence-electron chi connectivity index (χ3n) is 6.36. The SMILES string of the molecule is CN(C)c1ccc(NC(=O)N2CCC[C@@H](c3nc(-c4cnn(C(F)F)c4)c4ccccn34)C2)cc1. The summed E-state index contributed by atoms with van der Waals surface area (Å²) in [5.74, 6) is 0.827. The summed E-state index contributed by atoms with van der Waals surface area (Å²) in [5.41, 5.74) is 3.76. The fourth-order valence-corrected chi connectivity index (χ4v) is 4.55. The number of anilines is 2. The molecule has 1 fully saturated rings. The lowest BCUT2D eigenvalue weighted by Crippen LogP contribution is -2.42. The van der Waals surface area contributed by atoms with Crippen LogP contribution in [0.3, 0.4) is 0 Å². The molecule has 182 valence electrons. The van der Waals surface area contributed by atoms with Crippen LogP contribution in [0.1, 0.15) is 31.1 Å². The Hall–Kier alpha value is -3.95. The van der Waals surface area contributed by atoms with E-state index in [1.54, 1.807) is 0 Å². The van der Waals surface area contributed by atoms with Gasteiger partial charge in [-0.1, -0.05) is 6.07 Å². The predicted octanol–water partition coefficient (Wildman–Crippen LogP) is 5.07. The van der Waals surface area contributed by atoms with Crippen molar-refractivity contribution in [3.05, 3.63) is 66.9 Å². The monoisotopic (exact) mass is 479 g/mol. The number of imidazole rings is 1. The van der Waals surface area contributed by atoms with Crippen molar-refractivity contribution in [1.29, 1.82) is 0 Å². The van der Waals surface area contributed by atoms with Crippen LogP contribution >= 0.6 is 0 Å². The number of pyridine rings is 1. The number of nitrogens with zero attached hydrogens (tertiary/aromatic N) is 6. The van der Waals surface area contributed by atoms with E-state index >= 15 is 0 Å². The summed E-state index contributed by atoms with van der Waals surface area (Å²) in [7, 11) is 3.94. The number of piperidine rings is 1. The summed E-state index contributed by atoms with van der Waals surface area (Å²) in [6.07, 6.45) is 6.37. The van der Waals surface area contributed by atoms with Crippen LogP contribution in [-0.4, -0.2) is 57.3 Å². The standard InChI is InChI=1S/C25H27F2N7O/c1-31(2)20-10-8-19(9-11-20)29-25(35)32-12-5-6-17(15-32)23-30-22(21-7-3-4-13-33(21)23)18-14-28-34(16-18)24(26)27/h3-4,7-11,13-14,16-17,24H,5-6,12,15H2,1-2H3,(H,29,35)/t17-/m1/s1. The van der Waals surface area contributed by atoms with Crippen LogP contribution in [0.15, 0.2) is 61.1 Å². The van der Waals surface area contributed by atoms with E-state index in [2.05, 4.69) is 10.4 Å². The molecule has 5 rings (SSSR count). The van der Waals surface area contributed by atoms with Gasteiger partial charge in [0, 0.05) is 62.4 Å². The van der Waals surface area contributed by atoms with Crippen molar-refractivity contribution in [3.8, 4) is 11.3 Å². The second kappa shape index (κ2) is 9.36. The molecule has 0 unspecified atom stereocenters. The number of halogens is 2. The number of amides is 2. The van der Waals surface area contributed by atoms with Crippen LogP contribution in [0.2, 0.25) is 0 Å². The Kier molecular flexibility index (Phi) is 6.10. The van der Waals surface area contributed by atoms with E-state index in [9.17, 15) is 13.6 Å². The van der Waals surface area contributed by atoms with E-state index < -0.39 is 6.55 Å². The van der Waals surface area contributed by atoms with E-state index in [0.29, 0.717) is 29.0 Å². The van der Waals surface area contributed by atoms with Gasteiger partial charge in [-0.05, 0) is 49.2 Å². The summed E-state index contributed by atoms with van der Waals surface area (Å²) in [6.45, 7) is -1.53. The number of likely N-dealkylation sites (tertiary alicyclic amines) is 1. The highest BCUT2D eigenvalue weighted by molar-refractivity contribution is 5.89. The van der Waals surface area contributed by atoms with E-state index in [0.717, 1.165) is 35.6 Å². The first-order chi connectivity index (χ1) is 16.9. The molecule has 35 heavy (non-hydrogen) atoms. The van der Waals surface area contributed by atoms with E-state index in [1.807, 2.05) is 77.0 Å². The second-order valence-corrected chi connectivity index (χ2v) is 8.92. The van der Waals surface area contributed by atoms with Gasteiger partial charge in [0.1, 0.15) is 5.82 Å². The van der Waals surface area contributed by atoms with Gasteiger partial charge in [0.2, 0.25) is 0 Å². The average Bonchev–Trinajstić information content (AvgIpc) is 3.50. The number of fused-ring (bicyclic) bond motifs is 1. The topological polar surface area (TPSA) is 70.7 Å². The average molecular weight is 480 g/mol. The molecule has 2 amide bonds. The van der Waals surface area contributed by atoms with Crippen LogP contribution in [-0.2, 0) is 0 Å². The summed E-state index contributed by atoms with van der Waals surface area (Å²) >= 11 is 0. The lowest BCUT2D eigenvalue weighted by atomic mass is 9.97. The van der Waals surface area contributed by atoms with Crippen LogP contribution < -0.4 is 10.2 Å². The van der Waals surface area contributed by atoms with Crippen LogP contribution in [0.4, 0.5) is 25.0 Å². The molecule has 0 spiro atoms. The molecule has 1 N–H and O–H groups in total. The Labute approximate surface area is 201 Å². The minimum absolute atomic E-state index is 0.0133. The molecule has 4 aromatic rings. The largest absolute Gasteiger partial charge is 0.378 e. The predicted molar refractivity (Wildman–Crippen MR) is 131 cm³/mol. The van der Waals surface area contributed by atoms with Crippen molar-refractivity contribution in [2.75, 3.05) is 37.4 Å². The molecule has 0 radical (unpaired) electrons. The smallest absolute Gasteiger partial charge is 0.333 e. The molecule has 4 heterocycles. The third-order valence-corrected chi connectivity index (χ3v) is 6.36. The van der Waals surface area contributed by atoms with E-state index in [-0.39, 0.29) is 11.9 Å². The highest BCUT2D eigenvalue weighted by atomic mass is 19.3. The first-order valence-electron chi connectivity index (χ1n) is 11.5. The molecule has 1 aliphatic rings. The van der Waals surface area contributed by atoms with Crippen LogP contribution in [0.25, 0.3) is 16.8 Å². The number of urea groups is 1. The zero-order chi connectivity index (χ0) is 24.5. The normalized spacial score (nSPS) is 16.1. The van der Waals surface area contributed by atoms with Gasteiger partial charge in [-0.15, -0.1) is 0 Å². The molecule has 10 heteroatoms. The highest BCUT2D eigenvalue weighted by Crippen LogP contribution is 2.32. The van der Waals surface area contributed by atoms with Crippen molar-refractivity contribution < 1.29 is 13.6 Å². The number of hydrogen-bond donors (Lipinski definition) is 1. The molecule has 3 aromatic heterocycles. The maximum Gasteiger partial charge on any atom is 0.333 e. The minimum Gasteiger partial charge on any atom is -0.378 e. The molecule has 0 bridgehead atoms. The van der Waals surface area contributed by atoms with Crippen molar-refractivity contribution in [2.45, 2.75) is 25.3 Å². The third kappa shape index (κ3) is 4.55. The number of carbonyl (C=O) groups excluding carboxylic acids is 1. The molecule has 1 aromatic carbocycles. The maximum atomic E-state index is 13.1. The van der Waals surface area contributed by atoms with Gasteiger partial charge in [-0.2, -0.15) is 13.9 Å². The number of carbonyl (C=O) groups is 1. The summed E-state index contributed by atoms with van der Waals surface area (Å²) in [4.78, 5) is 21.7. The Morgan fingerprint density at radius 3 is 2.69 bits per heavy atom. The number of hydrogen-bond acceptors (Lipinski definition) is 4. The Balaban J connectivity index is 1.37. The van der Waals surface area contributed by atoms with Gasteiger partial charge in [-0.3, -0.25) is 0 Å². The number of rotatable bonds is 5. The molecule has 1 aliphatic heterocycles. The van der Waals surface area contributed by atoms with Gasteiger partial charge < -0.3 is 19.5 Å². The van der Waals surface area contributed by atoms with Crippen molar-refractivity contribution in [2.24, 2.45) is 0 Å². The molecule has 1 saturated heterocycles. The maximum absolute atomic E-state index is 13.1. The summed E-state index contributed by atoms with van der Waals surface area (Å²) < 4.78 is 28.7. The lowest BCUT2D eigenvalue weighted by molar-refractivity contribution is 0.0566. The summed E-state index contributed by atoms with van der Waals surface area (Å²) in [5, 5.41) is 6.75. The van der Waals surface area contributed by atoms with Crippen LogP contribution in [0, 0.1) is 0 Å². The zero-order valence-electron chi connectivity index (χ0n) is 19.6. The fourth-order valence-electron chi connectivity index (χ4n) is 4.55. The number of benzene rings is 1. The van der Waals surface area contributed by atoms with Crippen molar-refractivity contribution in [1.82, 2.24) is 24.1 Å². The van der Waals surface area contributed by atoms with E-state index in [1.165, 1.54) is 12.4 Å². The van der Waals surface area contributed by atoms with Gasteiger partial charge in [0.25, 0.3) is 0 Å². The summed E-state index contributed by atoms with van der Waals surface area (Å²) in [6, 6.07) is 13.3. The van der Waals surface area contributed by atoms with Gasteiger partial charge >= 0.3 is 12.6 Å². The molecular formula is C25H27F2N7O. The molecule has 0 aliphatic carbocycles. The minimum atomic E-state index is -2.71. The number of nitrogens with one attached hydrogen (secondary N) is 1. The molecule has 8 nitrogen and oxygen atoms in total. The van der Waals surface area contributed by atoms with Gasteiger partial charge in [-0.25, -0.2) is 14.5 Å².